The van der Waals surface area contributed by atoms with Crippen molar-refractivity contribution in [2.24, 2.45) is 46.3 Å². The van der Waals surface area contributed by atoms with E-state index < -0.39 is 0 Å². The molecule has 0 heterocycles. The predicted octanol–water partition coefficient (Wildman–Crippen LogP) is 7.39. The van der Waals surface area contributed by atoms with Gasteiger partial charge in [-0.15, -0.1) is 0 Å². The molecule has 0 bridgehead atoms. The Morgan fingerprint density at radius 1 is 1.07 bits per heavy atom. The van der Waals surface area contributed by atoms with Crippen molar-refractivity contribution in [3.8, 4) is 0 Å². The Kier molecular flexibility index (Phi) is 5.44. The second-order valence-electron chi connectivity index (χ2n) is 12.0. The Morgan fingerprint density at radius 2 is 1.86 bits per heavy atom. The lowest BCUT2D eigenvalue weighted by Crippen LogP contribution is -2.50. The van der Waals surface area contributed by atoms with Crippen molar-refractivity contribution in [2.45, 2.75) is 111 Å². The van der Waals surface area contributed by atoms with E-state index in [0.717, 1.165) is 42.9 Å². The SMILES string of the molecule is [2H]C1C=C2C[C@@H](O)CC[C@]2(C)[C@H]2CC[C@]3(C)[C@@H]([C@H](C)CCCC(C)C)CC[C@H]3[C@H]12. The largest absolute Gasteiger partial charge is 0.393 e. The standard InChI is InChI=1S/C27H46O/c1-18(2)7-6-8-19(3)23-11-12-24-22-10-9-20-17-21(28)13-15-26(20,4)25(22)14-16-27(23,24)5/h9,18-19,21-25,28H,6-8,10-17H2,1-5H3/t19-,21+,22+,23-,24+,25+,26+,27-/m1/s1/i10D/t10?,19-,21+,22+,23-,24+,25+,26+,27-. The van der Waals surface area contributed by atoms with Crippen molar-refractivity contribution in [1.82, 2.24) is 0 Å². The maximum Gasteiger partial charge on any atom is 0.0577 e. The zero-order valence-electron chi connectivity index (χ0n) is 20.2. The molecule has 0 aromatic heterocycles. The Balaban J connectivity index is 1.54. The molecule has 4 aliphatic rings. The molecule has 1 N–H and O–H groups in total. The van der Waals surface area contributed by atoms with Crippen LogP contribution in [-0.2, 0) is 0 Å². The zero-order chi connectivity index (χ0) is 21.0. The first-order valence-corrected chi connectivity index (χ1v) is 12.5. The lowest BCUT2D eigenvalue weighted by molar-refractivity contribution is -0.0573. The van der Waals surface area contributed by atoms with Crippen molar-refractivity contribution < 1.29 is 6.48 Å². The molecule has 1 unspecified atom stereocenters. The summed E-state index contributed by atoms with van der Waals surface area (Å²) in [5.41, 5.74) is 2.13. The van der Waals surface area contributed by atoms with E-state index in [1.807, 2.05) is 0 Å². The van der Waals surface area contributed by atoms with Crippen LogP contribution in [-0.4, -0.2) is 11.2 Å². The van der Waals surface area contributed by atoms with Crippen molar-refractivity contribution in [2.75, 3.05) is 0 Å². The number of rotatable bonds is 5. The van der Waals surface area contributed by atoms with E-state index in [4.69, 9.17) is 1.37 Å². The summed E-state index contributed by atoms with van der Waals surface area (Å²) in [6.45, 7) is 12.3. The molecule has 4 aliphatic carbocycles. The second-order valence-corrected chi connectivity index (χ2v) is 12.0. The van der Waals surface area contributed by atoms with Gasteiger partial charge in [-0.05, 0) is 97.7 Å². The molecule has 0 aromatic carbocycles. The minimum Gasteiger partial charge on any atom is -0.393 e. The fourth-order valence-electron chi connectivity index (χ4n) is 8.36. The molecule has 0 radical (unpaired) electrons. The first-order chi connectivity index (χ1) is 13.7. The van der Waals surface area contributed by atoms with Gasteiger partial charge in [0.2, 0.25) is 0 Å². The average Bonchev–Trinajstić information content (AvgIpc) is 3.00. The number of hydrogen-bond acceptors (Lipinski definition) is 1. The number of aliphatic hydroxyl groups excluding tert-OH is 1. The monoisotopic (exact) mass is 387 g/mol. The van der Waals surface area contributed by atoms with Gasteiger partial charge in [0.25, 0.3) is 0 Å². The van der Waals surface area contributed by atoms with E-state index in [-0.39, 0.29) is 17.9 Å². The van der Waals surface area contributed by atoms with E-state index >= 15 is 0 Å². The van der Waals surface area contributed by atoms with Crippen LogP contribution >= 0.6 is 0 Å². The smallest absolute Gasteiger partial charge is 0.0577 e. The second kappa shape index (κ2) is 7.75. The minimum atomic E-state index is -0.172. The third-order valence-corrected chi connectivity index (χ3v) is 10.1. The highest BCUT2D eigenvalue weighted by atomic mass is 16.3. The van der Waals surface area contributed by atoms with E-state index in [2.05, 4.69) is 40.7 Å². The van der Waals surface area contributed by atoms with E-state index in [1.165, 1.54) is 50.5 Å². The first kappa shape index (κ1) is 19.7. The summed E-state index contributed by atoms with van der Waals surface area (Å²) in [5.74, 6) is 4.48. The Labute approximate surface area is 176 Å². The van der Waals surface area contributed by atoms with Gasteiger partial charge in [0.05, 0.1) is 6.10 Å². The molecule has 9 atom stereocenters. The van der Waals surface area contributed by atoms with E-state index in [0.29, 0.717) is 17.3 Å². The molecular weight excluding hydrogens is 340 g/mol. The fourth-order valence-corrected chi connectivity index (χ4v) is 8.36. The number of allylic oxidation sites excluding steroid dienone is 1. The lowest BCUT2D eigenvalue weighted by Gasteiger charge is -2.58. The molecular formula is C27H46O. The molecule has 160 valence electrons. The van der Waals surface area contributed by atoms with Crippen LogP contribution < -0.4 is 0 Å². The summed E-state index contributed by atoms with van der Waals surface area (Å²) in [6.07, 6.45) is 14.6. The van der Waals surface area contributed by atoms with Gasteiger partial charge in [-0.1, -0.05) is 65.5 Å². The van der Waals surface area contributed by atoms with E-state index in [1.54, 1.807) is 0 Å². The fraction of sp³-hybridized carbons (Fsp3) is 0.926. The molecule has 28 heavy (non-hydrogen) atoms. The number of fused-ring (bicyclic) bond motifs is 5. The first-order valence-electron chi connectivity index (χ1n) is 13.1. The van der Waals surface area contributed by atoms with Gasteiger partial charge >= 0.3 is 0 Å². The van der Waals surface area contributed by atoms with Crippen LogP contribution in [0.25, 0.3) is 0 Å². The summed E-state index contributed by atoms with van der Waals surface area (Å²) in [4.78, 5) is 0. The summed E-state index contributed by atoms with van der Waals surface area (Å²) >= 11 is 0. The van der Waals surface area contributed by atoms with Crippen LogP contribution in [0.5, 0.6) is 0 Å². The molecule has 0 amide bonds. The third-order valence-electron chi connectivity index (χ3n) is 10.1. The minimum absolute atomic E-state index is 0.0482. The van der Waals surface area contributed by atoms with Crippen LogP contribution in [0.3, 0.4) is 0 Å². The van der Waals surface area contributed by atoms with Crippen LogP contribution in [0.2, 0.25) is 0 Å². The number of hydrogen-bond donors (Lipinski definition) is 1. The Morgan fingerprint density at radius 3 is 2.61 bits per heavy atom. The summed E-state index contributed by atoms with van der Waals surface area (Å²) in [5, 5.41) is 10.2. The lowest BCUT2D eigenvalue weighted by atomic mass is 9.47. The van der Waals surface area contributed by atoms with Crippen LogP contribution in [0.15, 0.2) is 11.6 Å². The molecule has 1 nitrogen and oxygen atoms in total. The topological polar surface area (TPSA) is 20.2 Å². The van der Waals surface area contributed by atoms with Crippen molar-refractivity contribution in [1.29, 1.82) is 0 Å². The quantitative estimate of drug-likeness (QED) is 0.488. The van der Waals surface area contributed by atoms with Crippen molar-refractivity contribution in [3.05, 3.63) is 11.6 Å². The third kappa shape index (κ3) is 3.42. The van der Waals surface area contributed by atoms with Gasteiger partial charge in [-0.25, -0.2) is 0 Å². The number of aliphatic hydroxyl groups is 1. The van der Waals surface area contributed by atoms with Crippen LogP contribution in [0.4, 0.5) is 0 Å². The molecule has 0 saturated heterocycles. The maximum atomic E-state index is 10.2. The summed E-state index contributed by atoms with van der Waals surface area (Å²) in [7, 11) is 0. The van der Waals surface area contributed by atoms with Gasteiger partial charge < -0.3 is 5.11 Å². The molecule has 0 spiro atoms. The molecule has 1 heteroatoms. The predicted molar refractivity (Wildman–Crippen MR) is 119 cm³/mol. The highest BCUT2D eigenvalue weighted by Crippen LogP contribution is 2.67. The van der Waals surface area contributed by atoms with Gasteiger partial charge in [0.15, 0.2) is 0 Å². The Hall–Kier alpha value is -0.300. The molecule has 0 aromatic rings. The Bertz CT molecular complexity index is 626. The van der Waals surface area contributed by atoms with Gasteiger partial charge in [-0.3, -0.25) is 0 Å². The maximum absolute atomic E-state index is 10.2. The normalized spacial score (nSPS) is 49.7. The van der Waals surface area contributed by atoms with Crippen molar-refractivity contribution >= 4 is 0 Å². The molecule has 3 fully saturated rings. The van der Waals surface area contributed by atoms with Gasteiger partial charge in [0, 0.05) is 1.37 Å². The molecule has 3 saturated carbocycles. The average molecular weight is 388 g/mol. The molecule has 4 rings (SSSR count). The van der Waals surface area contributed by atoms with Crippen molar-refractivity contribution in [3.63, 3.8) is 0 Å². The summed E-state index contributed by atoms with van der Waals surface area (Å²) in [6, 6.07) is 0. The van der Waals surface area contributed by atoms with Gasteiger partial charge in [-0.2, -0.15) is 0 Å². The highest BCUT2D eigenvalue weighted by Gasteiger charge is 2.59. The van der Waals surface area contributed by atoms with Crippen LogP contribution in [0, 0.1) is 46.3 Å². The molecule has 0 aliphatic heterocycles. The zero-order valence-corrected chi connectivity index (χ0v) is 19.2. The summed E-state index contributed by atoms with van der Waals surface area (Å²) < 4.78 is 9.08. The van der Waals surface area contributed by atoms with E-state index in [9.17, 15) is 5.11 Å². The van der Waals surface area contributed by atoms with Crippen LogP contribution in [0.1, 0.15) is 107 Å². The highest BCUT2D eigenvalue weighted by molar-refractivity contribution is 5.25. The van der Waals surface area contributed by atoms with Gasteiger partial charge in [0.1, 0.15) is 0 Å².